The number of benzene rings is 1. The number of likely N-dealkylation sites (tertiary alicyclic amines) is 1. The number of nitro benzene ring substituents is 1. The van der Waals surface area contributed by atoms with Gasteiger partial charge in [0, 0.05) is 42.2 Å². The Balaban J connectivity index is 1.94. The fourth-order valence-electron chi connectivity index (χ4n) is 3.33. The van der Waals surface area contributed by atoms with Gasteiger partial charge >= 0.3 is 0 Å². The minimum atomic E-state index is -0.512. The SMILES string of the molecule is CNCC1CCN(C(=O)c2cc(=O)[nH]c3ccc([N+](=O)[O-])cc23)CC1. The van der Waals surface area contributed by atoms with Crippen molar-refractivity contribution in [2.24, 2.45) is 5.92 Å². The summed E-state index contributed by atoms with van der Waals surface area (Å²) < 4.78 is 0. The summed E-state index contributed by atoms with van der Waals surface area (Å²) in [6, 6.07) is 5.35. The number of nitro groups is 1. The Morgan fingerprint density at radius 2 is 2.08 bits per heavy atom. The molecule has 1 aliphatic rings. The van der Waals surface area contributed by atoms with Crippen molar-refractivity contribution in [1.82, 2.24) is 15.2 Å². The Bertz CT molecular complexity index is 869. The maximum atomic E-state index is 12.9. The molecule has 1 aromatic carbocycles. The first-order valence-corrected chi connectivity index (χ1v) is 8.25. The number of nitrogens with one attached hydrogen (secondary N) is 2. The summed E-state index contributed by atoms with van der Waals surface area (Å²) in [4.78, 5) is 39.6. The summed E-state index contributed by atoms with van der Waals surface area (Å²) in [7, 11) is 1.91. The number of rotatable bonds is 4. The van der Waals surface area contributed by atoms with Crippen molar-refractivity contribution < 1.29 is 9.72 Å². The van der Waals surface area contributed by atoms with Crippen molar-refractivity contribution >= 4 is 22.5 Å². The van der Waals surface area contributed by atoms with Gasteiger partial charge in [-0.15, -0.1) is 0 Å². The molecule has 1 aromatic heterocycles. The van der Waals surface area contributed by atoms with E-state index in [1.54, 1.807) is 4.90 Å². The lowest BCUT2D eigenvalue weighted by atomic mass is 9.96. The monoisotopic (exact) mass is 344 g/mol. The van der Waals surface area contributed by atoms with Gasteiger partial charge in [0.25, 0.3) is 11.6 Å². The average Bonchev–Trinajstić information content (AvgIpc) is 2.61. The van der Waals surface area contributed by atoms with Crippen molar-refractivity contribution in [2.45, 2.75) is 12.8 Å². The Kier molecular flexibility index (Phi) is 4.80. The Morgan fingerprint density at radius 3 is 2.72 bits per heavy atom. The zero-order chi connectivity index (χ0) is 18.0. The Hall–Kier alpha value is -2.74. The second-order valence-electron chi connectivity index (χ2n) is 6.33. The predicted octanol–water partition coefficient (Wildman–Crippen LogP) is 1.51. The van der Waals surface area contributed by atoms with Crippen LogP contribution in [-0.2, 0) is 0 Å². The molecule has 132 valence electrons. The highest BCUT2D eigenvalue weighted by Crippen LogP contribution is 2.24. The third-order valence-electron chi connectivity index (χ3n) is 4.66. The maximum Gasteiger partial charge on any atom is 0.270 e. The van der Waals surface area contributed by atoms with Crippen LogP contribution in [0.5, 0.6) is 0 Å². The fourth-order valence-corrected chi connectivity index (χ4v) is 3.33. The van der Waals surface area contributed by atoms with Crippen LogP contribution in [0.3, 0.4) is 0 Å². The molecule has 2 aromatic rings. The number of nitrogens with zero attached hydrogens (tertiary/aromatic N) is 2. The van der Waals surface area contributed by atoms with Crippen molar-refractivity contribution in [3.63, 3.8) is 0 Å². The molecule has 0 aliphatic carbocycles. The van der Waals surface area contributed by atoms with Crippen molar-refractivity contribution in [3.8, 4) is 0 Å². The number of amides is 1. The van der Waals surface area contributed by atoms with Crippen molar-refractivity contribution in [1.29, 1.82) is 0 Å². The lowest BCUT2D eigenvalue weighted by Crippen LogP contribution is -2.40. The molecule has 2 heterocycles. The molecule has 0 spiro atoms. The van der Waals surface area contributed by atoms with E-state index in [0.29, 0.717) is 29.9 Å². The molecule has 25 heavy (non-hydrogen) atoms. The van der Waals surface area contributed by atoms with Gasteiger partial charge in [0.1, 0.15) is 0 Å². The second kappa shape index (κ2) is 7.02. The van der Waals surface area contributed by atoms with Gasteiger partial charge in [0.15, 0.2) is 0 Å². The van der Waals surface area contributed by atoms with E-state index in [9.17, 15) is 19.7 Å². The zero-order valence-electron chi connectivity index (χ0n) is 13.9. The summed E-state index contributed by atoms with van der Waals surface area (Å²) in [5.74, 6) is 0.283. The number of carbonyl (C=O) groups excluding carboxylic acids is 1. The number of pyridine rings is 1. The lowest BCUT2D eigenvalue weighted by Gasteiger charge is -2.32. The molecule has 1 fully saturated rings. The van der Waals surface area contributed by atoms with E-state index >= 15 is 0 Å². The highest BCUT2D eigenvalue weighted by atomic mass is 16.6. The van der Waals surface area contributed by atoms with Gasteiger partial charge in [-0.1, -0.05) is 0 Å². The van der Waals surface area contributed by atoms with E-state index in [1.807, 2.05) is 7.05 Å². The highest BCUT2D eigenvalue weighted by molar-refractivity contribution is 6.06. The molecule has 8 nitrogen and oxygen atoms in total. The van der Waals surface area contributed by atoms with Crippen molar-refractivity contribution in [2.75, 3.05) is 26.7 Å². The number of aromatic nitrogens is 1. The zero-order valence-corrected chi connectivity index (χ0v) is 13.9. The molecule has 0 radical (unpaired) electrons. The highest BCUT2D eigenvalue weighted by Gasteiger charge is 2.25. The van der Waals surface area contributed by atoms with Gasteiger partial charge in [-0.05, 0) is 38.4 Å². The molecular formula is C17H20N4O4. The maximum absolute atomic E-state index is 12.9. The first-order valence-electron chi connectivity index (χ1n) is 8.25. The van der Waals surface area contributed by atoms with Crippen LogP contribution in [0.4, 0.5) is 5.69 Å². The molecule has 0 bridgehead atoms. The van der Waals surface area contributed by atoms with E-state index < -0.39 is 10.5 Å². The Labute approximate surface area is 144 Å². The number of non-ortho nitro benzene ring substituents is 1. The molecule has 0 unspecified atom stereocenters. The molecule has 2 N–H and O–H groups in total. The lowest BCUT2D eigenvalue weighted by molar-refractivity contribution is -0.384. The van der Waals surface area contributed by atoms with Crippen LogP contribution >= 0.6 is 0 Å². The van der Waals surface area contributed by atoms with Crippen LogP contribution in [0.15, 0.2) is 29.1 Å². The van der Waals surface area contributed by atoms with E-state index in [-0.39, 0.29) is 17.2 Å². The molecule has 0 saturated carbocycles. The first kappa shape index (κ1) is 17.1. The minimum Gasteiger partial charge on any atom is -0.339 e. The predicted molar refractivity (Wildman–Crippen MR) is 93.8 cm³/mol. The fraction of sp³-hybridized carbons (Fsp3) is 0.412. The number of fused-ring (bicyclic) bond motifs is 1. The molecule has 8 heteroatoms. The van der Waals surface area contributed by atoms with Gasteiger partial charge in [0.2, 0.25) is 5.56 Å². The van der Waals surface area contributed by atoms with Crippen LogP contribution in [0.1, 0.15) is 23.2 Å². The standard InChI is InChI=1S/C17H20N4O4/c1-18-10-11-4-6-20(7-5-11)17(23)14-9-16(22)19-15-3-2-12(21(24)25)8-13(14)15/h2-3,8-9,11,18H,4-7,10H2,1H3,(H,19,22). The number of carbonyl (C=O) groups is 1. The number of hydrogen-bond donors (Lipinski definition) is 2. The van der Waals surface area contributed by atoms with Crippen LogP contribution in [-0.4, -0.2) is 47.4 Å². The Morgan fingerprint density at radius 1 is 1.36 bits per heavy atom. The third-order valence-corrected chi connectivity index (χ3v) is 4.66. The molecule has 0 atom stereocenters. The molecule has 3 rings (SSSR count). The normalized spacial score (nSPS) is 15.5. The quantitative estimate of drug-likeness (QED) is 0.645. The van der Waals surface area contributed by atoms with Gasteiger partial charge in [-0.2, -0.15) is 0 Å². The first-order chi connectivity index (χ1) is 12.0. The summed E-state index contributed by atoms with van der Waals surface area (Å²) in [6.45, 7) is 2.16. The van der Waals surface area contributed by atoms with E-state index in [4.69, 9.17) is 0 Å². The second-order valence-corrected chi connectivity index (χ2v) is 6.33. The summed E-state index contributed by atoms with van der Waals surface area (Å²) in [5, 5.41) is 14.6. The number of H-pyrrole nitrogens is 1. The van der Waals surface area contributed by atoms with Crippen LogP contribution < -0.4 is 10.9 Å². The number of hydrogen-bond acceptors (Lipinski definition) is 5. The van der Waals surface area contributed by atoms with Crippen molar-refractivity contribution in [3.05, 3.63) is 50.3 Å². The minimum absolute atomic E-state index is 0.110. The number of piperidine rings is 1. The van der Waals surface area contributed by atoms with Crippen LogP contribution in [0.2, 0.25) is 0 Å². The molecular weight excluding hydrogens is 324 g/mol. The van der Waals surface area contributed by atoms with Crippen LogP contribution in [0, 0.1) is 16.0 Å². The summed E-state index contributed by atoms with van der Waals surface area (Å²) in [6.07, 6.45) is 1.79. The topological polar surface area (TPSA) is 108 Å². The van der Waals surface area contributed by atoms with Gasteiger partial charge in [-0.3, -0.25) is 19.7 Å². The third kappa shape index (κ3) is 3.53. The largest absolute Gasteiger partial charge is 0.339 e. The van der Waals surface area contributed by atoms with E-state index in [1.165, 1.54) is 24.3 Å². The molecule has 1 amide bonds. The summed E-state index contributed by atoms with van der Waals surface area (Å²) >= 11 is 0. The summed E-state index contributed by atoms with van der Waals surface area (Å²) in [5.41, 5.74) is 0.136. The number of aromatic amines is 1. The molecule has 1 aliphatic heterocycles. The van der Waals surface area contributed by atoms with Gasteiger partial charge < -0.3 is 15.2 Å². The van der Waals surface area contributed by atoms with Crippen LogP contribution in [0.25, 0.3) is 10.9 Å². The van der Waals surface area contributed by atoms with E-state index in [2.05, 4.69) is 10.3 Å². The van der Waals surface area contributed by atoms with E-state index in [0.717, 1.165) is 19.4 Å². The van der Waals surface area contributed by atoms with Gasteiger partial charge in [-0.25, -0.2) is 0 Å². The average molecular weight is 344 g/mol. The molecule has 1 saturated heterocycles. The smallest absolute Gasteiger partial charge is 0.270 e. The van der Waals surface area contributed by atoms with Gasteiger partial charge in [0.05, 0.1) is 10.5 Å².